The topological polar surface area (TPSA) is 203 Å². The van der Waals surface area contributed by atoms with E-state index in [2.05, 4.69) is 57.1 Å². The zero-order chi connectivity index (χ0) is 33.9. The maximum Gasteiger partial charge on any atom is 0.411 e. The number of nitrogens with one attached hydrogen (secondary N) is 1. The molecule has 0 bridgehead atoms. The standard InChI is InChI=1S/C14H19BrN4O3.C10H17NO4.C4H4BrN3/c1-14(2,3)22-13(21)19-6-4-5-10(19)11(20)18-12-16-7-9(15)8-17-12;1-10(2,3)15-9(14)11-6-4-5-7(11)8(12)13;5-3-1-7-4(6)8-2-3/h7-8,10H,4-6H2,1-3H3,(H,16,17,18,20);7H,4-6H2,1-3H3,(H,12,13);1-2H,(H2,6,7,8)/t10-;7-;/m00./s1. The van der Waals surface area contributed by atoms with Crippen molar-refractivity contribution in [1.29, 1.82) is 0 Å². The van der Waals surface area contributed by atoms with Crippen LogP contribution in [0.25, 0.3) is 0 Å². The number of hydrogen-bond donors (Lipinski definition) is 3. The van der Waals surface area contributed by atoms with Gasteiger partial charge in [-0.05, 0) is 99.1 Å². The fraction of sp³-hybridized carbons (Fsp3) is 0.571. The van der Waals surface area contributed by atoms with Crippen LogP contribution in [0.5, 0.6) is 0 Å². The lowest BCUT2D eigenvalue weighted by molar-refractivity contribution is -0.142. The molecule has 248 valence electrons. The summed E-state index contributed by atoms with van der Waals surface area (Å²) in [6, 6.07) is -1.28. The number of aromatic nitrogens is 4. The zero-order valence-electron chi connectivity index (χ0n) is 26.1. The van der Waals surface area contributed by atoms with E-state index in [4.69, 9.17) is 20.3 Å². The van der Waals surface area contributed by atoms with Crippen molar-refractivity contribution in [2.75, 3.05) is 24.1 Å². The van der Waals surface area contributed by atoms with Crippen LogP contribution >= 0.6 is 31.9 Å². The van der Waals surface area contributed by atoms with Gasteiger partial charge in [0.15, 0.2) is 0 Å². The molecule has 0 spiro atoms. The van der Waals surface area contributed by atoms with Crippen molar-refractivity contribution in [2.24, 2.45) is 0 Å². The Morgan fingerprint density at radius 2 is 1.20 bits per heavy atom. The molecular weight excluding hydrogens is 720 g/mol. The molecule has 15 nitrogen and oxygen atoms in total. The summed E-state index contributed by atoms with van der Waals surface area (Å²) in [5.41, 5.74) is 4.02. The summed E-state index contributed by atoms with van der Waals surface area (Å²) in [5, 5.41) is 11.5. The predicted octanol–water partition coefficient (Wildman–Crippen LogP) is 4.87. The summed E-state index contributed by atoms with van der Waals surface area (Å²) in [7, 11) is 0. The van der Waals surface area contributed by atoms with E-state index in [-0.39, 0.29) is 11.9 Å². The first-order valence-corrected chi connectivity index (χ1v) is 15.7. The van der Waals surface area contributed by atoms with E-state index < -0.39 is 41.4 Å². The zero-order valence-corrected chi connectivity index (χ0v) is 29.3. The number of nitrogens with zero attached hydrogens (tertiary/aromatic N) is 6. The Hall–Kier alpha value is -3.60. The minimum absolute atomic E-state index is 0.212. The van der Waals surface area contributed by atoms with E-state index in [9.17, 15) is 19.2 Å². The van der Waals surface area contributed by atoms with Crippen molar-refractivity contribution in [3.8, 4) is 0 Å². The number of carboxylic acid groups (broad SMARTS) is 1. The lowest BCUT2D eigenvalue weighted by Gasteiger charge is -2.27. The van der Waals surface area contributed by atoms with Crippen LogP contribution in [0.4, 0.5) is 21.5 Å². The van der Waals surface area contributed by atoms with Crippen LogP contribution < -0.4 is 11.1 Å². The quantitative estimate of drug-likeness (QED) is 0.384. The summed E-state index contributed by atoms with van der Waals surface area (Å²) >= 11 is 6.39. The highest BCUT2D eigenvalue weighted by Gasteiger charge is 2.37. The smallest absolute Gasteiger partial charge is 0.411 e. The number of nitrogen functional groups attached to an aromatic ring is 1. The number of ether oxygens (including phenoxy) is 2. The third-order valence-corrected chi connectivity index (χ3v) is 6.66. The van der Waals surface area contributed by atoms with Gasteiger partial charge in [0.2, 0.25) is 17.8 Å². The van der Waals surface area contributed by atoms with Crippen LogP contribution in [0.15, 0.2) is 33.7 Å². The monoisotopic (exact) mass is 758 g/mol. The molecule has 2 atom stereocenters. The minimum Gasteiger partial charge on any atom is -0.480 e. The molecule has 0 saturated carbocycles. The molecule has 0 aromatic carbocycles. The number of halogens is 2. The molecular formula is C28H40Br2N8O7. The minimum atomic E-state index is -0.960. The Morgan fingerprint density at radius 3 is 1.60 bits per heavy atom. The van der Waals surface area contributed by atoms with E-state index in [1.54, 1.807) is 66.3 Å². The Bertz CT molecular complexity index is 1280. The van der Waals surface area contributed by atoms with Gasteiger partial charge in [-0.1, -0.05) is 0 Å². The number of carbonyl (C=O) groups is 4. The number of rotatable bonds is 3. The molecule has 45 heavy (non-hydrogen) atoms. The van der Waals surface area contributed by atoms with Gasteiger partial charge in [0.1, 0.15) is 23.3 Å². The van der Waals surface area contributed by atoms with E-state index >= 15 is 0 Å². The predicted molar refractivity (Wildman–Crippen MR) is 172 cm³/mol. The van der Waals surface area contributed by atoms with Gasteiger partial charge in [-0.25, -0.2) is 34.3 Å². The van der Waals surface area contributed by atoms with Gasteiger partial charge in [0.05, 0.1) is 8.95 Å². The molecule has 2 saturated heterocycles. The maximum atomic E-state index is 12.3. The molecule has 17 heteroatoms. The Morgan fingerprint density at radius 1 is 0.800 bits per heavy atom. The van der Waals surface area contributed by atoms with Crippen molar-refractivity contribution in [1.82, 2.24) is 29.7 Å². The fourth-order valence-electron chi connectivity index (χ4n) is 4.03. The largest absolute Gasteiger partial charge is 0.480 e. The van der Waals surface area contributed by atoms with Gasteiger partial charge in [-0.2, -0.15) is 0 Å². The summed E-state index contributed by atoms with van der Waals surface area (Å²) < 4.78 is 12.0. The van der Waals surface area contributed by atoms with Crippen molar-refractivity contribution in [3.63, 3.8) is 0 Å². The van der Waals surface area contributed by atoms with Gasteiger partial charge in [0.25, 0.3) is 0 Å². The van der Waals surface area contributed by atoms with Crippen LogP contribution in [-0.2, 0) is 19.1 Å². The number of hydrogen-bond acceptors (Lipinski definition) is 11. The highest BCUT2D eigenvalue weighted by atomic mass is 79.9. The third kappa shape index (κ3) is 13.5. The van der Waals surface area contributed by atoms with Crippen molar-refractivity contribution in [3.05, 3.63) is 33.7 Å². The van der Waals surface area contributed by atoms with E-state index in [1.807, 2.05) is 0 Å². The average Bonchev–Trinajstić information content (AvgIpc) is 3.61. The molecule has 4 heterocycles. The molecule has 2 aliphatic heterocycles. The second kappa shape index (κ2) is 16.6. The van der Waals surface area contributed by atoms with Gasteiger partial charge >= 0.3 is 18.2 Å². The molecule has 0 unspecified atom stereocenters. The van der Waals surface area contributed by atoms with Crippen LogP contribution in [-0.4, -0.2) is 95.3 Å². The Balaban J connectivity index is 0.000000263. The number of likely N-dealkylation sites (tertiary alicyclic amines) is 2. The molecule has 4 N–H and O–H groups in total. The number of carboxylic acids is 1. The summed E-state index contributed by atoms with van der Waals surface area (Å²) in [6.45, 7) is 11.6. The Labute approximate surface area is 278 Å². The SMILES string of the molecule is CC(C)(C)OC(=O)N1CCC[C@H]1C(=O)Nc1ncc(Br)cn1.CC(C)(C)OC(=O)N1CCC[C@H]1C(=O)O.Nc1ncc(Br)cn1. The first kappa shape index (κ1) is 37.6. The van der Waals surface area contributed by atoms with Crippen LogP contribution in [0, 0.1) is 0 Å². The molecule has 3 amide bonds. The molecule has 2 aromatic rings. The van der Waals surface area contributed by atoms with Crippen molar-refractivity contribution in [2.45, 2.75) is 90.5 Å². The fourth-order valence-corrected chi connectivity index (χ4v) is 4.44. The number of carbonyl (C=O) groups excluding carboxylic acids is 3. The van der Waals surface area contributed by atoms with Gasteiger partial charge in [-0.3, -0.25) is 19.9 Å². The highest BCUT2D eigenvalue weighted by molar-refractivity contribution is 9.10. The highest BCUT2D eigenvalue weighted by Crippen LogP contribution is 2.22. The lowest BCUT2D eigenvalue weighted by Crippen LogP contribution is -2.45. The first-order chi connectivity index (χ1) is 20.9. The van der Waals surface area contributed by atoms with Crippen LogP contribution in [0.2, 0.25) is 0 Å². The van der Waals surface area contributed by atoms with Gasteiger partial charge in [0, 0.05) is 37.9 Å². The van der Waals surface area contributed by atoms with E-state index in [0.717, 1.165) is 21.8 Å². The van der Waals surface area contributed by atoms with E-state index in [1.165, 1.54) is 9.80 Å². The molecule has 0 radical (unpaired) electrons. The number of anilines is 2. The number of amides is 3. The number of nitrogens with two attached hydrogens (primary N) is 1. The summed E-state index contributed by atoms with van der Waals surface area (Å²) in [5.74, 6) is -0.749. The van der Waals surface area contributed by atoms with Gasteiger partial charge < -0.3 is 20.3 Å². The van der Waals surface area contributed by atoms with Crippen molar-refractivity contribution >= 4 is 67.8 Å². The third-order valence-electron chi connectivity index (χ3n) is 5.84. The Kier molecular flexibility index (Phi) is 13.9. The molecule has 2 fully saturated rings. The molecule has 0 aliphatic carbocycles. The maximum absolute atomic E-state index is 12.3. The van der Waals surface area contributed by atoms with Crippen LogP contribution in [0.3, 0.4) is 0 Å². The molecule has 2 aromatic heterocycles. The average molecular weight is 760 g/mol. The summed E-state index contributed by atoms with van der Waals surface area (Å²) in [6.07, 6.45) is 7.87. The molecule has 2 aliphatic rings. The summed E-state index contributed by atoms with van der Waals surface area (Å²) in [4.78, 5) is 65.1. The van der Waals surface area contributed by atoms with Gasteiger partial charge in [-0.15, -0.1) is 0 Å². The van der Waals surface area contributed by atoms with Crippen molar-refractivity contribution < 1.29 is 33.8 Å². The first-order valence-electron chi connectivity index (χ1n) is 14.1. The van der Waals surface area contributed by atoms with Crippen LogP contribution in [0.1, 0.15) is 67.2 Å². The molecule has 4 rings (SSSR count). The number of aliphatic carboxylic acids is 1. The van der Waals surface area contributed by atoms with E-state index in [0.29, 0.717) is 31.9 Å². The second-order valence-electron chi connectivity index (χ2n) is 12.0. The normalized spacial score (nSPS) is 17.7. The second-order valence-corrected chi connectivity index (χ2v) is 13.8. The lowest BCUT2D eigenvalue weighted by atomic mass is 10.2.